The second-order valence-electron chi connectivity index (χ2n) is 5.67. The summed E-state index contributed by atoms with van der Waals surface area (Å²) in [6.45, 7) is 1.41. The highest BCUT2D eigenvalue weighted by molar-refractivity contribution is 7.22. The third-order valence-electron chi connectivity index (χ3n) is 3.82. The normalized spacial score (nSPS) is 13.5. The Morgan fingerprint density at radius 3 is 2.54 bits per heavy atom. The molecule has 0 radical (unpaired) electrons. The summed E-state index contributed by atoms with van der Waals surface area (Å²) in [5.41, 5.74) is 1.32. The Kier molecular flexibility index (Phi) is 5.55. The van der Waals surface area contributed by atoms with E-state index in [2.05, 4.69) is 10.3 Å². The first kappa shape index (κ1) is 19.3. The highest BCUT2D eigenvalue weighted by Gasteiger charge is 2.27. The van der Waals surface area contributed by atoms with Crippen LogP contribution in [0.15, 0.2) is 53.9 Å². The van der Waals surface area contributed by atoms with Crippen LogP contribution in [0, 0.1) is 0 Å². The molecule has 144 valence electrons. The number of methoxy groups -OCH3 is 2. The lowest BCUT2D eigenvalue weighted by molar-refractivity contribution is -0.139. The van der Waals surface area contributed by atoms with E-state index in [1.54, 1.807) is 30.5 Å². The van der Waals surface area contributed by atoms with Crippen LogP contribution < -0.4 is 10.2 Å². The number of nitrogens with one attached hydrogen (secondary N) is 1. The van der Waals surface area contributed by atoms with E-state index in [0.29, 0.717) is 16.3 Å². The molecular formula is C19H17N3O5S. The number of fused-ring (bicyclic) bond motifs is 1. The van der Waals surface area contributed by atoms with E-state index in [1.807, 2.05) is 6.07 Å². The maximum Gasteiger partial charge on any atom is 0.355 e. The van der Waals surface area contributed by atoms with Gasteiger partial charge in [0.05, 0.1) is 30.0 Å². The minimum absolute atomic E-state index is 0.0241. The molecule has 0 aliphatic carbocycles. The van der Waals surface area contributed by atoms with E-state index in [1.165, 1.54) is 43.5 Å². The zero-order valence-electron chi connectivity index (χ0n) is 15.4. The molecule has 0 saturated heterocycles. The number of rotatable bonds is 4. The Balaban J connectivity index is 2.12. The molecule has 1 N–H and O–H groups in total. The van der Waals surface area contributed by atoms with Crippen molar-refractivity contribution in [3.8, 4) is 0 Å². The maximum atomic E-state index is 12.5. The fraction of sp³-hybridized carbons (Fsp3) is 0.158. The van der Waals surface area contributed by atoms with Crippen LogP contribution in [0.5, 0.6) is 0 Å². The number of hydrogen-bond donors (Lipinski definition) is 1. The number of ether oxygens (including phenoxy) is 2. The Morgan fingerprint density at radius 2 is 1.86 bits per heavy atom. The number of amides is 1. The lowest BCUT2D eigenvalue weighted by Crippen LogP contribution is -2.26. The SMILES string of the molecule is COC(=O)C1=C(C(=O)OC)N(c2ccc3sc(NC(C)=O)nc3c2)C=CC=C1. The number of hydrogen-bond acceptors (Lipinski definition) is 8. The maximum absolute atomic E-state index is 12.5. The largest absolute Gasteiger partial charge is 0.465 e. The van der Waals surface area contributed by atoms with Gasteiger partial charge >= 0.3 is 11.9 Å². The Bertz CT molecular complexity index is 1050. The zero-order chi connectivity index (χ0) is 20.3. The first-order valence-electron chi connectivity index (χ1n) is 8.17. The number of thiazole rings is 1. The van der Waals surface area contributed by atoms with Gasteiger partial charge in [-0.15, -0.1) is 0 Å². The lowest BCUT2D eigenvalue weighted by atomic mass is 10.1. The molecule has 1 aliphatic rings. The van der Waals surface area contributed by atoms with E-state index in [0.717, 1.165) is 4.70 Å². The molecule has 0 saturated carbocycles. The van der Waals surface area contributed by atoms with Crippen LogP contribution in [0.4, 0.5) is 10.8 Å². The van der Waals surface area contributed by atoms with Gasteiger partial charge in [-0.3, -0.25) is 4.79 Å². The second kappa shape index (κ2) is 8.05. The van der Waals surface area contributed by atoms with Crippen molar-refractivity contribution in [2.45, 2.75) is 6.92 Å². The monoisotopic (exact) mass is 399 g/mol. The molecule has 0 unspecified atom stereocenters. The smallest absolute Gasteiger partial charge is 0.355 e. The summed E-state index contributed by atoms with van der Waals surface area (Å²) in [4.78, 5) is 41.8. The van der Waals surface area contributed by atoms with Gasteiger partial charge in [0, 0.05) is 18.8 Å². The zero-order valence-corrected chi connectivity index (χ0v) is 16.2. The summed E-state index contributed by atoms with van der Waals surface area (Å²) >= 11 is 1.34. The summed E-state index contributed by atoms with van der Waals surface area (Å²) in [5.74, 6) is -1.55. The Morgan fingerprint density at radius 1 is 1.11 bits per heavy atom. The average molecular weight is 399 g/mol. The molecule has 1 aromatic carbocycles. The van der Waals surface area contributed by atoms with Gasteiger partial charge in [-0.2, -0.15) is 0 Å². The molecule has 8 nitrogen and oxygen atoms in total. The van der Waals surface area contributed by atoms with Gasteiger partial charge in [0.2, 0.25) is 5.91 Å². The summed E-state index contributed by atoms with van der Waals surface area (Å²) in [7, 11) is 2.48. The van der Waals surface area contributed by atoms with Gasteiger partial charge in [0.25, 0.3) is 0 Å². The van der Waals surface area contributed by atoms with E-state index < -0.39 is 11.9 Å². The molecule has 2 heterocycles. The van der Waals surface area contributed by atoms with E-state index in [9.17, 15) is 14.4 Å². The molecule has 28 heavy (non-hydrogen) atoms. The first-order chi connectivity index (χ1) is 13.4. The third-order valence-corrected chi connectivity index (χ3v) is 4.77. The van der Waals surface area contributed by atoms with Crippen molar-refractivity contribution >= 4 is 50.2 Å². The number of benzene rings is 1. The van der Waals surface area contributed by atoms with E-state index in [-0.39, 0.29) is 17.2 Å². The molecule has 9 heteroatoms. The summed E-state index contributed by atoms with van der Waals surface area (Å²) in [5, 5.41) is 3.13. The van der Waals surface area contributed by atoms with Crippen molar-refractivity contribution in [2.75, 3.05) is 24.4 Å². The number of nitrogens with zero attached hydrogens (tertiary/aromatic N) is 2. The molecule has 2 aromatic rings. The molecule has 3 rings (SSSR count). The minimum atomic E-state index is -0.686. The molecule has 0 atom stereocenters. The van der Waals surface area contributed by atoms with Crippen molar-refractivity contribution in [2.24, 2.45) is 0 Å². The lowest BCUT2D eigenvalue weighted by Gasteiger charge is -2.23. The quantitative estimate of drug-likeness (QED) is 0.790. The first-order valence-corrected chi connectivity index (χ1v) is 8.99. The number of allylic oxidation sites excluding steroid dienone is 2. The van der Waals surface area contributed by atoms with Crippen molar-refractivity contribution in [3.05, 3.63) is 53.9 Å². The number of carbonyl (C=O) groups is 3. The van der Waals surface area contributed by atoms with Crippen LogP contribution in [0.2, 0.25) is 0 Å². The van der Waals surface area contributed by atoms with Crippen molar-refractivity contribution in [1.82, 2.24) is 4.98 Å². The van der Waals surface area contributed by atoms with Crippen LogP contribution in [0.1, 0.15) is 6.92 Å². The Labute approximate surface area is 164 Å². The summed E-state index contributed by atoms with van der Waals surface area (Å²) in [6, 6.07) is 5.36. The predicted octanol–water partition coefficient (Wildman–Crippen LogP) is 2.74. The molecule has 1 aliphatic heterocycles. The van der Waals surface area contributed by atoms with Gasteiger partial charge in [-0.1, -0.05) is 17.4 Å². The van der Waals surface area contributed by atoms with Crippen LogP contribution in [0.3, 0.4) is 0 Å². The van der Waals surface area contributed by atoms with Gasteiger partial charge in [0.1, 0.15) is 5.70 Å². The van der Waals surface area contributed by atoms with Crippen molar-refractivity contribution in [3.63, 3.8) is 0 Å². The van der Waals surface area contributed by atoms with Gasteiger partial charge in [0.15, 0.2) is 5.13 Å². The minimum Gasteiger partial charge on any atom is -0.465 e. The molecule has 0 spiro atoms. The van der Waals surface area contributed by atoms with Crippen LogP contribution in [0.25, 0.3) is 10.2 Å². The molecular weight excluding hydrogens is 382 g/mol. The van der Waals surface area contributed by atoms with Crippen LogP contribution >= 0.6 is 11.3 Å². The molecule has 1 amide bonds. The summed E-state index contributed by atoms with van der Waals surface area (Å²) < 4.78 is 10.5. The third kappa shape index (κ3) is 3.79. The highest BCUT2D eigenvalue weighted by atomic mass is 32.1. The van der Waals surface area contributed by atoms with Gasteiger partial charge in [-0.05, 0) is 30.4 Å². The van der Waals surface area contributed by atoms with E-state index >= 15 is 0 Å². The second-order valence-corrected chi connectivity index (χ2v) is 6.70. The van der Waals surface area contributed by atoms with Crippen molar-refractivity contribution < 1.29 is 23.9 Å². The molecule has 1 aromatic heterocycles. The van der Waals surface area contributed by atoms with Crippen LogP contribution in [-0.2, 0) is 23.9 Å². The number of esters is 2. The highest BCUT2D eigenvalue weighted by Crippen LogP contribution is 2.32. The summed E-state index contributed by atoms with van der Waals surface area (Å²) in [6.07, 6.45) is 6.45. The number of anilines is 2. The van der Waals surface area contributed by atoms with Crippen molar-refractivity contribution in [1.29, 1.82) is 0 Å². The standard InChI is InChI=1S/C19H17N3O5S/c1-11(23)20-19-21-14-10-12(7-8-15(14)28-19)22-9-5-4-6-13(17(24)26-2)16(22)18(25)27-3/h4-10H,1-3H3,(H,20,21,23). The van der Waals surface area contributed by atoms with E-state index in [4.69, 9.17) is 9.47 Å². The molecule has 0 fully saturated rings. The van der Waals surface area contributed by atoms with Gasteiger partial charge < -0.3 is 19.7 Å². The fourth-order valence-corrected chi connectivity index (χ4v) is 3.53. The fourth-order valence-electron chi connectivity index (χ4n) is 2.64. The number of carbonyl (C=O) groups excluding carboxylic acids is 3. The van der Waals surface area contributed by atoms with Gasteiger partial charge in [-0.25, -0.2) is 14.6 Å². The Hall–Kier alpha value is -3.46. The molecule has 0 bridgehead atoms. The number of aromatic nitrogens is 1. The van der Waals surface area contributed by atoms with Crippen LogP contribution in [-0.4, -0.2) is 37.0 Å². The predicted molar refractivity (Wildman–Crippen MR) is 106 cm³/mol. The topological polar surface area (TPSA) is 97.8 Å². The average Bonchev–Trinajstić information content (AvgIpc) is 2.93.